The van der Waals surface area contributed by atoms with E-state index in [2.05, 4.69) is 27.7 Å². The van der Waals surface area contributed by atoms with Gasteiger partial charge in [0.25, 0.3) is 0 Å². The summed E-state index contributed by atoms with van der Waals surface area (Å²) >= 11 is 0. The molecule has 1 rings (SSSR count). The molecule has 0 aromatic carbocycles. The lowest BCUT2D eigenvalue weighted by Gasteiger charge is -2.37. The smallest absolute Gasteiger partial charge is 0.337 e. The van der Waals surface area contributed by atoms with Crippen molar-refractivity contribution in [1.29, 1.82) is 0 Å². The molecule has 0 amide bonds. The van der Waals surface area contributed by atoms with Gasteiger partial charge in [0, 0.05) is 25.9 Å². The Kier molecular flexibility index (Phi) is 15.5. The number of carboxylic acids is 2. The molecule has 228 valence electrons. The van der Waals surface area contributed by atoms with Crippen LogP contribution in [0.5, 0.6) is 0 Å². The minimum absolute atomic E-state index is 0.00935. The Morgan fingerprint density at radius 1 is 0.949 bits per heavy atom. The SMILES string of the molecule is CCCCCCCC1(CCCCCCC=C[C@H](C(=O)O)[C@@](O)(CCO[Si](C)(C)C(C)(C)C)C(=O)O)OCCO1. The number of unbranched alkanes of at least 4 members (excludes halogenated alkanes) is 8. The summed E-state index contributed by atoms with van der Waals surface area (Å²) in [5.41, 5.74) is -2.43. The first-order chi connectivity index (χ1) is 18.2. The molecule has 0 spiro atoms. The fraction of sp³-hybridized carbons (Fsp3) is 0.867. The van der Waals surface area contributed by atoms with E-state index < -0.39 is 37.6 Å². The van der Waals surface area contributed by atoms with Crippen molar-refractivity contribution in [3.05, 3.63) is 12.2 Å². The third kappa shape index (κ3) is 12.0. The Labute approximate surface area is 237 Å². The average molecular weight is 573 g/mol. The molecule has 1 fully saturated rings. The standard InChI is InChI=1S/C30H56O8Si/c1-7-8-9-13-16-19-29(36-23-24-37-29)20-17-14-11-10-12-15-18-25(26(31)32)30(35,27(33)34)21-22-38-39(5,6)28(2,3)4/h15,18,25,35H,7-14,16-17,19-24H2,1-6H3,(H,31,32)(H,33,34)/t25-,30+/m1/s1. The summed E-state index contributed by atoms with van der Waals surface area (Å²) in [6.45, 7) is 13.8. The molecular formula is C30H56O8Si. The zero-order chi connectivity index (χ0) is 29.6. The lowest BCUT2D eigenvalue weighted by atomic mass is 9.84. The zero-order valence-corrected chi connectivity index (χ0v) is 26.4. The van der Waals surface area contributed by atoms with Gasteiger partial charge in [0.1, 0.15) is 5.92 Å². The van der Waals surface area contributed by atoms with Gasteiger partial charge in [0.05, 0.1) is 13.2 Å². The maximum absolute atomic E-state index is 12.0. The number of hydrogen-bond acceptors (Lipinski definition) is 6. The maximum atomic E-state index is 12.0. The normalized spacial score (nSPS) is 18.3. The number of carbonyl (C=O) groups is 2. The predicted octanol–water partition coefficient (Wildman–Crippen LogP) is 6.92. The molecule has 0 saturated carbocycles. The van der Waals surface area contributed by atoms with E-state index in [1.807, 2.05) is 13.1 Å². The van der Waals surface area contributed by atoms with Gasteiger partial charge < -0.3 is 29.2 Å². The van der Waals surface area contributed by atoms with Gasteiger partial charge in [-0.2, -0.15) is 0 Å². The number of ether oxygens (including phenoxy) is 2. The molecule has 0 aliphatic carbocycles. The molecule has 1 heterocycles. The summed E-state index contributed by atoms with van der Waals surface area (Å²) in [7, 11) is -2.16. The second kappa shape index (κ2) is 16.9. The van der Waals surface area contributed by atoms with Crippen LogP contribution in [0.15, 0.2) is 12.2 Å². The molecule has 0 bridgehead atoms. The number of aliphatic carboxylic acids is 2. The van der Waals surface area contributed by atoms with Gasteiger partial charge in [-0.05, 0) is 43.8 Å². The first kappa shape index (κ1) is 35.8. The quantitative estimate of drug-likeness (QED) is 0.0770. The second-order valence-corrected chi connectivity index (χ2v) is 17.4. The van der Waals surface area contributed by atoms with Crippen molar-refractivity contribution in [2.75, 3.05) is 19.8 Å². The summed E-state index contributed by atoms with van der Waals surface area (Å²) in [6, 6.07) is 0. The molecule has 9 heteroatoms. The highest BCUT2D eigenvalue weighted by Gasteiger charge is 2.47. The Bertz CT molecular complexity index is 755. The van der Waals surface area contributed by atoms with E-state index in [0.717, 1.165) is 44.9 Å². The molecule has 0 aromatic heterocycles. The van der Waals surface area contributed by atoms with E-state index in [0.29, 0.717) is 19.6 Å². The topological polar surface area (TPSA) is 123 Å². The van der Waals surface area contributed by atoms with Crippen LogP contribution in [0.3, 0.4) is 0 Å². The van der Waals surface area contributed by atoms with Crippen LogP contribution in [0.1, 0.15) is 111 Å². The summed E-state index contributed by atoms with van der Waals surface area (Å²) in [5, 5.41) is 30.3. The van der Waals surface area contributed by atoms with Gasteiger partial charge in [-0.25, -0.2) is 4.79 Å². The minimum Gasteiger partial charge on any atom is -0.481 e. The number of rotatable bonds is 21. The highest BCUT2D eigenvalue weighted by molar-refractivity contribution is 6.74. The number of carboxylic acid groups (broad SMARTS) is 2. The highest BCUT2D eigenvalue weighted by Crippen LogP contribution is 2.37. The van der Waals surface area contributed by atoms with E-state index in [1.165, 1.54) is 31.8 Å². The van der Waals surface area contributed by atoms with E-state index >= 15 is 0 Å². The third-order valence-corrected chi connectivity index (χ3v) is 12.9. The molecule has 3 N–H and O–H groups in total. The van der Waals surface area contributed by atoms with Crippen molar-refractivity contribution in [2.45, 2.75) is 141 Å². The van der Waals surface area contributed by atoms with Gasteiger partial charge in [0.2, 0.25) is 0 Å². The van der Waals surface area contributed by atoms with Crippen LogP contribution in [0.2, 0.25) is 18.1 Å². The third-order valence-electron chi connectivity index (χ3n) is 8.38. The fourth-order valence-electron chi connectivity index (χ4n) is 4.67. The van der Waals surface area contributed by atoms with Crippen LogP contribution in [-0.2, 0) is 23.5 Å². The van der Waals surface area contributed by atoms with Gasteiger partial charge in [0.15, 0.2) is 19.7 Å². The van der Waals surface area contributed by atoms with Gasteiger partial charge in [-0.1, -0.05) is 78.4 Å². The Morgan fingerprint density at radius 2 is 1.49 bits per heavy atom. The van der Waals surface area contributed by atoms with E-state index in [4.69, 9.17) is 13.9 Å². The summed E-state index contributed by atoms with van der Waals surface area (Å²) in [4.78, 5) is 23.9. The first-order valence-electron chi connectivity index (χ1n) is 15.0. The van der Waals surface area contributed by atoms with Gasteiger partial charge in [-0.3, -0.25) is 4.79 Å². The van der Waals surface area contributed by atoms with Crippen LogP contribution >= 0.6 is 0 Å². The Balaban J connectivity index is 2.50. The lowest BCUT2D eigenvalue weighted by Crippen LogP contribution is -2.50. The molecule has 1 aliphatic heterocycles. The van der Waals surface area contributed by atoms with Crippen molar-refractivity contribution in [2.24, 2.45) is 5.92 Å². The van der Waals surface area contributed by atoms with Gasteiger partial charge in [-0.15, -0.1) is 0 Å². The maximum Gasteiger partial charge on any atom is 0.337 e. The van der Waals surface area contributed by atoms with Crippen molar-refractivity contribution < 1.29 is 38.8 Å². The number of aliphatic hydroxyl groups is 1. The molecular weight excluding hydrogens is 516 g/mol. The lowest BCUT2D eigenvalue weighted by molar-refractivity contribution is -0.172. The monoisotopic (exact) mass is 572 g/mol. The molecule has 0 radical (unpaired) electrons. The molecule has 39 heavy (non-hydrogen) atoms. The van der Waals surface area contributed by atoms with Gasteiger partial charge >= 0.3 is 11.9 Å². The zero-order valence-electron chi connectivity index (χ0n) is 25.4. The number of allylic oxidation sites excluding steroid dienone is 1. The Morgan fingerprint density at radius 3 is 1.97 bits per heavy atom. The summed E-state index contributed by atoms with van der Waals surface area (Å²) < 4.78 is 18.0. The van der Waals surface area contributed by atoms with Crippen molar-refractivity contribution in [3.8, 4) is 0 Å². The van der Waals surface area contributed by atoms with E-state index in [1.54, 1.807) is 6.08 Å². The van der Waals surface area contributed by atoms with E-state index in [9.17, 15) is 24.9 Å². The summed E-state index contributed by atoms with van der Waals surface area (Å²) in [6.07, 6.45) is 15.1. The molecule has 1 aliphatic rings. The fourth-order valence-corrected chi connectivity index (χ4v) is 5.72. The predicted molar refractivity (Wildman–Crippen MR) is 156 cm³/mol. The van der Waals surface area contributed by atoms with Crippen LogP contribution in [0.25, 0.3) is 0 Å². The first-order valence-corrected chi connectivity index (χ1v) is 17.9. The molecule has 1 saturated heterocycles. The van der Waals surface area contributed by atoms with Crippen LogP contribution in [-0.4, -0.2) is 66.8 Å². The molecule has 0 aromatic rings. The molecule has 0 unspecified atom stereocenters. The van der Waals surface area contributed by atoms with Crippen molar-refractivity contribution in [3.63, 3.8) is 0 Å². The van der Waals surface area contributed by atoms with Crippen LogP contribution < -0.4 is 0 Å². The average Bonchev–Trinajstić information content (AvgIpc) is 3.30. The highest BCUT2D eigenvalue weighted by atomic mass is 28.4. The van der Waals surface area contributed by atoms with Crippen LogP contribution in [0, 0.1) is 5.92 Å². The van der Waals surface area contributed by atoms with Crippen molar-refractivity contribution in [1.82, 2.24) is 0 Å². The van der Waals surface area contributed by atoms with E-state index in [-0.39, 0.29) is 18.1 Å². The van der Waals surface area contributed by atoms with Crippen molar-refractivity contribution >= 4 is 20.3 Å². The molecule has 8 nitrogen and oxygen atoms in total. The molecule has 2 atom stereocenters. The Hall–Kier alpha value is -1.26. The second-order valence-electron chi connectivity index (χ2n) is 12.6. The largest absolute Gasteiger partial charge is 0.481 e. The minimum atomic E-state index is -2.43. The summed E-state index contributed by atoms with van der Waals surface area (Å²) in [5.74, 6) is -4.88. The number of hydrogen-bond donors (Lipinski definition) is 3. The van der Waals surface area contributed by atoms with Crippen LogP contribution in [0.4, 0.5) is 0 Å².